The average molecular weight is 459 g/mol. The van der Waals surface area contributed by atoms with Crippen molar-refractivity contribution < 1.29 is 4.74 Å². The Labute approximate surface area is 198 Å². The summed E-state index contributed by atoms with van der Waals surface area (Å²) in [7, 11) is 1.62. The van der Waals surface area contributed by atoms with Gasteiger partial charge in [0, 0.05) is 24.5 Å². The number of hydrogen-bond donors (Lipinski definition) is 2. The molecule has 33 heavy (non-hydrogen) atoms. The van der Waals surface area contributed by atoms with Crippen LogP contribution in [0.25, 0.3) is 10.9 Å². The smallest absolute Gasteiger partial charge is 0.253 e. The van der Waals surface area contributed by atoms with Crippen LogP contribution in [0.5, 0.6) is 5.75 Å². The fourth-order valence-corrected chi connectivity index (χ4v) is 3.99. The zero-order chi connectivity index (χ0) is 23.4. The van der Waals surface area contributed by atoms with E-state index in [4.69, 9.17) is 17.0 Å². The van der Waals surface area contributed by atoms with Crippen molar-refractivity contribution in [1.82, 2.24) is 14.9 Å². The van der Waals surface area contributed by atoms with E-state index in [1.54, 1.807) is 19.5 Å². The highest BCUT2D eigenvalue weighted by Gasteiger charge is 2.16. The Balaban J connectivity index is 1.68. The third kappa shape index (κ3) is 5.04. The molecule has 0 aliphatic rings. The summed E-state index contributed by atoms with van der Waals surface area (Å²) < 4.78 is 5.44. The Kier molecular flexibility index (Phi) is 6.70. The minimum absolute atomic E-state index is 0.118. The normalized spacial score (nSPS) is 10.8. The summed E-state index contributed by atoms with van der Waals surface area (Å²) >= 11 is 5.77. The van der Waals surface area contributed by atoms with Gasteiger partial charge in [-0.15, -0.1) is 0 Å². The molecule has 0 aliphatic heterocycles. The number of methoxy groups -OCH3 is 1. The second-order valence-electron chi connectivity index (χ2n) is 7.94. The molecule has 2 heterocycles. The number of para-hydroxylation sites is 2. The lowest BCUT2D eigenvalue weighted by Crippen LogP contribution is -2.35. The lowest BCUT2D eigenvalue weighted by molar-refractivity contribution is 0.407. The predicted octanol–water partition coefficient (Wildman–Crippen LogP) is 4.95. The predicted molar refractivity (Wildman–Crippen MR) is 137 cm³/mol. The van der Waals surface area contributed by atoms with Gasteiger partial charge in [0.05, 0.1) is 24.9 Å². The van der Waals surface area contributed by atoms with Crippen LogP contribution in [0, 0.1) is 13.8 Å². The molecule has 0 unspecified atom stereocenters. The highest BCUT2D eigenvalue weighted by atomic mass is 32.1. The van der Waals surface area contributed by atoms with E-state index in [9.17, 15) is 4.79 Å². The van der Waals surface area contributed by atoms with Gasteiger partial charge in [0.25, 0.3) is 5.56 Å². The number of anilines is 1. The van der Waals surface area contributed by atoms with Crippen LogP contribution in [-0.2, 0) is 13.1 Å². The summed E-state index contributed by atoms with van der Waals surface area (Å²) in [4.78, 5) is 22.2. The van der Waals surface area contributed by atoms with Crippen LogP contribution in [0.1, 0.15) is 22.3 Å². The number of benzene rings is 2. The molecule has 2 aromatic carbocycles. The Morgan fingerprint density at radius 1 is 1.12 bits per heavy atom. The fraction of sp³-hybridized carbons (Fsp3) is 0.192. The largest absolute Gasteiger partial charge is 0.495 e. The average Bonchev–Trinajstić information content (AvgIpc) is 2.83. The molecule has 0 fully saturated rings. The quantitative estimate of drug-likeness (QED) is 0.399. The molecule has 0 spiro atoms. The second kappa shape index (κ2) is 9.83. The number of hydrogen-bond acceptors (Lipinski definition) is 4. The van der Waals surface area contributed by atoms with Gasteiger partial charge in [-0.1, -0.05) is 30.3 Å². The number of rotatable bonds is 6. The van der Waals surface area contributed by atoms with Crippen LogP contribution in [0.3, 0.4) is 0 Å². The molecule has 0 radical (unpaired) electrons. The zero-order valence-corrected chi connectivity index (χ0v) is 19.7. The first-order chi connectivity index (χ1) is 16.0. The number of fused-ring (bicyclic) bond motifs is 1. The van der Waals surface area contributed by atoms with Crippen LogP contribution in [0.15, 0.2) is 71.8 Å². The van der Waals surface area contributed by atoms with E-state index in [2.05, 4.69) is 21.4 Å². The molecule has 0 aliphatic carbocycles. The van der Waals surface area contributed by atoms with Gasteiger partial charge in [0.1, 0.15) is 5.75 Å². The van der Waals surface area contributed by atoms with Crippen molar-refractivity contribution in [3.63, 3.8) is 0 Å². The number of pyridine rings is 2. The van der Waals surface area contributed by atoms with Gasteiger partial charge in [-0.25, -0.2) is 0 Å². The van der Waals surface area contributed by atoms with Crippen molar-refractivity contribution >= 4 is 33.9 Å². The Morgan fingerprint density at radius 3 is 2.70 bits per heavy atom. The molecule has 6 nitrogen and oxygen atoms in total. The SMILES string of the molecule is COc1ccccc1NC(=S)N(Cc1cccnc1)Cc1cc2ccc(C)c(C)c2[nH]c1=O. The Morgan fingerprint density at radius 2 is 1.94 bits per heavy atom. The molecule has 0 saturated carbocycles. The van der Waals surface area contributed by atoms with Gasteiger partial charge in [0.15, 0.2) is 5.11 Å². The summed E-state index contributed by atoms with van der Waals surface area (Å²) in [5.41, 5.74) is 5.37. The third-order valence-corrected chi connectivity index (χ3v) is 6.08. The van der Waals surface area contributed by atoms with Gasteiger partial charge in [-0.2, -0.15) is 0 Å². The summed E-state index contributed by atoms with van der Waals surface area (Å²) in [5.74, 6) is 0.690. The molecule has 2 N–H and O–H groups in total. The molecule has 2 aromatic heterocycles. The molecule has 7 heteroatoms. The molecule has 4 rings (SSSR count). The first-order valence-electron chi connectivity index (χ1n) is 10.7. The summed E-state index contributed by atoms with van der Waals surface area (Å²) in [5, 5.41) is 4.76. The lowest BCUT2D eigenvalue weighted by atomic mass is 10.0. The number of aryl methyl sites for hydroxylation is 2. The highest BCUT2D eigenvalue weighted by Crippen LogP contribution is 2.24. The molecule has 0 amide bonds. The lowest BCUT2D eigenvalue weighted by Gasteiger charge is -2.26. The van der Waals surface area contributed by atoms with E-state index < -0.39 is 0 Å². The summed E-state index contributed by atoms with van der Waals surface area (Å²) in [6.07, 6.45) is 3.53. The van der Waals surface area contributed by atoms with Crippen molar-refractivity contribution in [2.45, 2.75) is 26.9 Å². The van der Waals surface area contributed by atoms with Crippen LogP contribution in [0.4, 0.5) is 5.69 Å². The van der Waals surface area contributed by atoms with Crippen molar-refractivity contribution in [3.05, 3.63) is 99.6 Å². The molecular weight excluding hydrogens is 432 g/mol. The standard InChI is InChI=1S/C26H26N4O2S/c1-17-10-11-20-13-21(25(31)29-24(20)18(17)2)16-30(15-19-7-6-12-27-14-19)26(33)28-22-8-4-5-9-23(22)32-3/h4-14H,15-16H2,1-3H3,(H,28,33)(H,29,31). The second-order valence-corrected chi connectivity index (χ2v) is 8.33. The minimum atomic E-state index is -0.118. The molecule has 0 saturated heterocycles. The fourth-order valence-electron chi connectivity index (χ4n) is 3.75. The maximum atomic E-state index is 13.0. The first kappa shape index (κ1) is 22.5. The zero-order valence-electron chi connectivity index (χ0n) is 18.9. The highest BCUT2D eigenvalue weighted by molar-refractivity contribution is 7.80. The first-order valence-corrected chi connectivity index (χ1v) is 11.1. The van der Waals surface area contributed by atoms with Crippen molar-refractivity contribution in [2.75, 3.05) is 12.4 Å². The number of nitrogens with one attached hydrogen (secondary N) is 2. The minimum Gasteiger partial charge on any atom is -0.495 e. The van der Waals surface area contributed by atoms with E-state index in [0.717, 1.165) is 33.3 Å². The van der Waals surface area contributed by atoms with E-state index in [0.29, 0.717) is 29.5 Å². The third-order valence-electron chi connectivity index (χ3n) is 5.72. The van der Waals surface area contributed by atoms with Gasteiger partial charge in [-0.3, -0.25) is 9.78 Å². The Bertz CT molecular complexity index is 1350. The van der Waals surface area contributed by atoms with Gasteiger partial charge in [0.2, 0.25) is 0 Å². The number of thiocarbonyl (C=S) groups is 1. The number of H-pyrrole nitrogens is 1. The van der Waals surface area contributed by atoms with Gasteiger partial charge < -0.3 is 19.9 Å². The molecule has 168 valence electrons. The molecule has 0 atom stereocenters. The van der Waals surface area contributed by atoms with Crippen LogP contribution >= 0.6 is 12.2 Å². The van der Waals surface area contributed by atoms with Crippen molar-refractivity contribution in [3.8, 4) is 5.75 Å². The summed E-state index contributed by atoms with van der Waals surface area (Å²) in [6, 6.07) is 17.5. The number of nitrogens with zero attached hydrogens (tertiary/aromatic N) is 2. The number of ether oxygens (including phenoxy) is 1. The van der Waals surface area contributed by atoms with Crippen LogP contribution < -0.4 is 15.6 Å². The van der Waals surface area contributed by atoms with E-state index in [1.165, 1.54) is 0 Å². The molecule has 4 aromatic rings. The van der Waals surface area contributed by atoms with Crippen LogP contribution in [-0.4, -0.2) is 27.1 Å². The monoisotopic (exact) mass is 458 g/mol. The van der Waals surface area contributed by atoms with Gasteiger partial charge >= 0.3 is 0 Å². The van der Waals surface area contributed by atoms with Gasteiger partial charge in [-0.05, 0) is 72.4 Å². The maximum absolute atomic E-state index is 13.0. The molecule has 0 bridgehead atoms. The van der Waals surface area contributed by atoms with E-state index >= 15 is 0 Å². The number of aromatic nitrogens is 2. The Hall–Kier alpha value is -3.71. The van der Waals surface area contributed by atoms with Crippen LogP contribution in [0.2, 0.25) is 0 Å². The maximum Gasteiger partial charge on any atom is 0.253 e. The van der Waals surface area contributed by atoms with Crippen molar-refractivity contribution in [1.29, 1.82) is 0 Å². The van der Waals surface area contributed by atoms with E-state index in [1.807, 2.05) is 67.3 Å². The van der Waals surface area contributed by atoms with E-state index in [-0.39, 0.29) is 5.56 Å². The van der Waals surface area contributed by atoms with Crippen molar-refractivity contribution in [2.24, 2.45) is 0 Å². The number of aromatic amines is 1. The summed E-state index contributed by atoms with van der Waals surface area (Å²) in [6.45, 7) is 4.90. The topological polar surface area (TPSA) is 70.2 Å². The molecular formula is C26H26N4O2S.